The fraction of sp³-hybridized carbons (Fsp3) is 0.643. The first-order valence-electron chi connectivity index (χ1n) is 6.61. The van der Waals surface area contributed by atoms with Crippen molar-refractivity contribution in [3.63, 3.8) is 0 Å². The van der Waals surface area contributed by atoms with Crippen LogP contribution in [0.4, 0.5) is 0 Å². The summed E-state index contributed by atoms with van der Waals surface area (Å²) in [6.07, 6.45) is 5.11. The molecular formula is C14H21N3O. The van der Waals surface area contributed by atoms with Gasteiger partial charge in [-0.05, 0) is 25.3 Å². The van der Waals surface area contributed by atoms with Crippen LogP contribution < -0.4 is 0 Å². The van der Waals surface area contributed by atoms with Gasteiger partial charge in [-0.1, -0.05) is 20.8 Å². The van der Waals surface area contributed by atoms with Crippen molar-refractivity contribution in [1.29, 1.82) is 0 Å². The van der Waals surface area contributed by atoms with Crippen molar-refractivity contribution in [3.8, 4) is 0 Å². The number of rotatable bonds is 1. The van der Waals surface area contributed by atoms with Crippen LogP contribution in [0.25, 0.3) is 0 Å². The maximum Gasteiger partial charge on any atom is 0.272 e. The summed E-state index contributed by atoms with van der Waals surface area (Å²) in [5, 5.41) is 0. The molecule has 1 aliphatic heterocycles. The minimum absolute atomic E-state index is 0.0441. The molecule has 2 rings (SSSR count). The zero-order valence-corrected chi connectivity index (χ0v) is 11.4. The van der Waals surface area contributed by atoms with E-state index in [0.717, 1.165) is 31.8 Å². The first-order chi connectivity index (χ1) is 8.48. The van der Waals surface area contributed by atoms with Gasteiger partial charge < -0.3 is 4.90 Å². The summed E-state index contributed by atoms with van der Waals surface area (Å²) in [7, 11) is 0. The Bertz CT molecular complexity index is 431. The zero-order chi connectivity index (χ0) is 13.2. The molecular weight excluding hydrogens is 226 g/mol. The van der Waals surface area contributed by atoms with Crippen LogP contribution in [0.2, 0.25) is 0 Å². The van der Waals surface area contributed by atoms with Crippen LogP contribution in [0, 0.1) is 0 Å². The highest BCUT2D eigenvalue weighted by Crippen LogP contribution is 2.18. The first kappa shape index (κ1) is 13.0. The molecule has 1 aromatic heterocycles. The van der Waals surface area contributed by atoms with E-state index < -0.39 is 0 Å². The molecule has 0 spiro atoms. The summed E-state index contributed by atoms with van der Waals surface area (Å²) in [6.45, 7) is 7.87. The quantitative estimate of drug-likeness (QED) is 0.765. The van der Waals surface area contributed by atoms with Gasteiger partial charge in [-0.3, -0.25) is 4.79 Å². The van der Waals surface area contributed by atoms with Crippen molar-refractivity contribution >= 4 is 5.91 Å². The highest BCUT2D eigenvalue weighted by Gasteiger charge is 2.22. The molecule has 0 aromatic carbocycles. The van der Waals surface area contributed by atoms with E-state index in [0.29, 0.717) is 5.69 Å². The molecule has 4 nitrogen and oxygen atoms in total. The van der Waals surface area contributed by atoms with E-state index in [1.165, 1.54) is 6.42 Å². The first-order valence-corrected chi connectivity index (χ1v) is 6.61. The molecule has 0 saturated carbocycles. The van der Waals surface area contributed by atoms with Gasteiger partial charge in [-0.2, -0.15) is 0 Å². The number of aromatic nitrogens is 2. The summed E-state index contributed by atoms with van der Waals surface area (Å²) in [6, 6.07) is 1.71. The molecule has 0 radical (unpaired) electrons. The molecule has 0 bridgehead atoms. The smallest absolute Gasteiger partial charge is 0.272 e. The monoisotopic (exact) mass is 247 g/mol. The molecule has 0 unspecified atom stereocenters. The van der Waals surface area contributed by atoms with E-state index in [9.17, 15) is 4.79 Å². The van der Waals surface area contributed by atoms with Crippen LogP contribution in [0.3, 0.4) is 0 Å². The molecule has 18 heavy (non-hydrogen) atoms. The van der Waals surface area contributed by atoms with E-state index in [4.69, 9.17) is 0 Å². The van der Waals surface area contributed by atoms with E-state index in [-0.39, 0.29) is 11.3 Å². The normalized spacial score (nSPS) is 16.7. The lowest BCUT2D eigenvalue weighted by Crippen LogP contribution is -2.36. The molecule has 1 aliphatic rings. The molecule has 2 heterocycles. The van der Waals surface area contributed by atoms with Crippen LogP contribution in [0.5, 0.6) is 0 Å². The van der Waals surface area contributed by atoms with Crippen molar-refractivity contribution in [2.45, 2.75) is 45.4 Å². The maximum absolute atomic E-state index is 12.3. The van der Waals surface area contributed by atoms with Gasteiger partial charge in [-0.25, -0.2) is 9.97 Å². The number of hydrogen-bond acceptors (Lipinski definition) is 3. The van der Waals surface area contributed by atoms with Gasteiger partial charge in [0.1, 0.15) is 11.5 Å². The number of piperidine rings is 1. The summed E-state index contributed by atoms with van der Waals surface area (Å²) >= 11 is 0. The number of hydrogen-bond donors (Lipinski definition) is 0. The molecule has 0 aliphatic carbocycles. The Labute approximate surface area is 108 Å². The Morgan fingerprint density at radius 1 is 1.22 bits per heavy atom. The number of carbonyl (C=O) groups excluding carboxylic acids is 1. The van der Waals surface area contributed by atoms with Crippen molar-refractivity contribution < 1.29 is 4.79 Å². The molecule has 4 heteroatoms. The van der Waals surface area contributed by atoms with Crippen LogP contribution in [-0.4, -0.2) is 33.9 Å². The Balaban J connectivity index is 2.20. The third-order valence-electron chi connectivity index (χ3n) is 3.19. The minimum atomic E-state index is -0.127. The van der Waals surface area contributed by atoms with E-state index in [2.05, 4.69) is 30.7 Å². The Morgan fingerprint density at radius 2 is 1.89 bits per heavy atom. The van der Waals surface area contributed by atoms with Crippen molar-refractivity contribution in [2.75, 3.05) is 13.1 Å². The predicted octanol–water partition coefficient (Wildman–Crippen LogP) is 2.40. The Kier molecular flexibility index (Phi) is 3.64. The van der Waals surface area contributed by atoms with Gasteiger partial charge >= 0.3 is 0 Å². The van der Waals surface area contributed by atoms with Crippen LogP contribution >= 0.6 is 0 Å². The molecule has 1 amide bonds. The maximum atomic E-state index is 12.3. The van der Waals surface area contributed by atoms with Gasteiger partial charge in [-0.15, -0.1) is 0 Å². The number of nitrogens with zero attached hydrogens (tertiary/aromatic N) is 3. The Morgan fingerprint density at radius 3 is 2.50 bits per heavy atom. The van der Waals surface area contributed by atoms with Gasteiger partial charge in [0.05, 0.1) is 0 Å². The van der Waals surface area contributed by atoms with Gasteiger partial charge in [0.25, 0.3) is 5.91 Å². The summed E-state index contributed by atoms with van der Waals surface area (Å²) in [4.78, 5) is 22.9. The highest BCUT2D eigenvalue weighted by molar-refractivity contribution is 5.92. The van der Waals surface area contributed by atoms with Crippen LogP contribution in [0.1, 0.15) is 56.3 Å². The number of amides is 1. The van der Waals surface area contributed by atoms with Crippen molar-refractivity contribution in [2.24, 2.45) is 0 Å². The van der Waals surface area contributed by atoms with Crippen molar-refractivity contribution in [3.05, 3.63) is 23.8 Å². The molecule has 1 saturated heterocycles. The van der Waals surface area contributed by atoms with Gasteiger partial charge in [0.2, 0.25) is 0 Å². The second-order valence-corrected chi connectivity index (χ2v) is 5.87. The van der Waals surface area contributed by atoms with Crippen LogP contribution in [-0.2, 0) is 5.41 Å². The highest BCUT2D eigenvalue weighted by atomic mass is 16.2. The Hall–Kier alpha value is -1.45. The van der Waals surface area contributed by atoms with Crippen molar-refractivity contribution in [1.82, 2.24) is 14.9 Å². The predicted molar refractivity (Wildman–Crippen MR) is 70.5 cm³/mol. The molecule has 1 fully saturated rings. The summed E-state index contributed by atoms with van der Waals surface area (Å²) in [5.41, 5.74) is 0.398. The third-order valence-corrected chi connectivity index (χ3v) is 3.19. The van der Waals surface area contributed by atoms with E-state index in [1.807, 2.05) is 4.90 Å². The average molecular weight is 247 g/mol. The summed E-state index contributed by atoms with van der Waals surface area (Å²) < 4.78 is 0. The largest absolute Gasteiger partial charge is 0.337 e. The van der Waals surface area contributed by atoms with Gasteiger partial charge in [0.15, 0.2) is 0 Å². The van der Waals surface area contributed by atoms with Gasteiger partial charge in [0, 0.05) is 24.7 Å². The van der Waals surface area contributed by atoms with Crippen LogP contribution in [0.15, 0.2) is 12.3 Å². The SMILES string of the molecule is CC(C)(C)c1nccc(C(=O)N2CCCCC2)n1. The zero-order valence-electron chi connectivity index (χ0n) is 11.4. The second kappa shape index (κ2) is 5.04. The lowest BCUT2D eigenvalue weighted by Gasteiger charge is -2.26. The fourth-order valence-electron chi connectivity index (χ4n) is 2.10. The van der Waals surface area contributed by atoms with E-state index in [1.54, 1.807) is 12.3 Å². The third kappa shape index (κ3) is 2.86. The lowest BCUT2D eigenvalue weighted by molar-refractivity contribution is 0.0717. The number of likely N-dealkylation sites (tertiary alicyclic amines) is 1. The number of carbonyl (C=O) groups is 1. The molecule has 1 aromatic rings. The molecule has 0 N–H and O–H groups in total. The second-order valence-electron chi connectivity index (χ2n) is 5.87. The molecule has 0 atom stereocenters. The van der Waals surface area contributed by atoms with E-state index >= 15 is 0 Å². The topological polar surface area (TPSA) is 46.1 Å². The molecule has 98 valence electrons. The summed E-state index contributed by atoms with van der Waals surface area (Å²) in [5.74, 6) is 0.771. The standard InChI is InChI=1S/C14H21N3O/c1-14(2,3)13-15-8-7-11(16-13)12(18)17-9-5-4-6-10-17/h7-8H,4-6,9-10H2,1-3H3. The fourth-order valence-corrected chi connectivity index (χ4v) is 2.10. The lowest BCUT2D eigenvalue weighted by atomic mass is 9.95. The average Bonchev–Trinajstić information content (AvgIpc) is 2.38. The minimum Gasteiger partial charge on any atom is -0.337 e.